The Morgan fingerprint density at radius 3 is 2.80 bits per heavy atom. The number of ether oxygens (including phenoxy) is 1. The molecule has 1 heterocycles. The van der Waals surface area contributed by atoms with E-state index < -0.39 is 11.6 Å². The van der Waals surface area contributed by atoms with Gasteiger partial charge in [0.05, 0.1) is 18.8 Å². The quantitative estimate of drug-likeness (QED) is 0.792. The molecule has 3 rings (SSSR count). The third-order valence-electron chi connectivity index (χ3n) is 4.16. The van der Waals surface area contributed by atoms with Gasteiger partial charge in [-0.3, -0.25) is 4.79 Å². The number of rotatable bonds is 1. The molecule has 2 atom stereocenters. The molecule has 1 amide bonds. The lowest BCUT2D eigenvalue weighted by molar-refractivity contribution is -0.0752. The van der Waals surface area contributed by atoms with Crippen LogP contribution in [0, 0.1) is 11.6 Å². The second-order valence-electron chi connectivity index (χ2n) is 5.39. The van der Waals surface area contributed by atoms with E-state index >= 15 is 0 Å². The number of carbonyl (C=O) groups is 1. The van der Waals surface area contributed by atoms with Crippen LogP contribution in [0.2, 0.25) is 0 Å². The summed E-state index contributed by atoms with van der Waals surface area (Å²) >= 11 is 0. The monoisotopic (exact) mass is 281 g/mol. The van der Waals surface area contributed by atoms with Gasteiger partial charge in [-0.25, -0.2) is 8.78 Å². The molecule has 0 radical (unpaired) electrons. The first kappa shape index (κ1) is 13.5. The van der Waals surface area contributed by atoms with Gasteiger partial charge in [-0.15, -0.1) is 0 Å². The number of amides is 1. The van der Waals surface area contributed by atoms with Gasteiger partial charge >= 0.3 is 0 Å². The maximum Gasteiger partial charge on any atom is 0.254 e. The Morgan fingerprint density at radius 2 is 2.00 bits per heavy atom. The van der Waals surface area contributed by atoms with Crippen LogP contribution in [0.3, 0.4) is 0 Å². The summed E-state index contributed by atoms with van der Waals surface area (Å²) in [6, 6.07) is 3.39. The summed E-state index contributed by atoms with van der Waals surface area (Å²) in [5.74, 6) is -2.15. The molecule has 108 valence electrons. The minimum Gasteiger partial charge on any atom is -0.374 e. The Balaban J connectivity index is 1.83. The van der Waals surface area contributed by atoms with E-state index in [0.29, 0.717) is 13.2 Å². The van der Waals surface area contributed by atoms with Crippen LogP contribution in [0.25, 0.3) is 0 Å². The van der Waals surface area contributed by atoms with Crippen molar-refractivity contribution < 1.29 is 18.3 Å². The molecular weight excluding hydrogens is 264 g/mol. The molecule has 1 saturated heterocycles. The van der Waals surface area contributed by atoms with Gasteiger partial charge in [0.25, 0.3) is 5.91 Å². The minimum atomic E-state index is -0.982. The zero-order valence-electron chi connectivity index (χ0n) is 11.1. The molecule has 0 unspecified atom stereocenters. The molecule has 1 aromatic carbocycles. The highest BCUT2D eigenvalue weighted by Crippen LogP contribution is 2.29. The maximum absolute atomic E-state index is 13.3. The van der Waals surface area contributed by atoms with Gasteiger partial charge in [0, 0.05) is 12.1 Å². The van der Waals surface area contributed by atoms with Gasteiger partial charge < -0.3 is 9.64 Å². The predicted octanol–water partition coefficient (Wildman–Crippen LogP) is 2.75. The fraction of sp³-hybridized carbons (Fsp3) is 0.533. The first-order chi connectivity index (χ1) is 9.66. The number of fused-ring (bicyclic) bond motifs is 1. The Kier molecular flexibility index (Phi) is 3.70. The number of nitrogens with zero attached hydrogens (tertiary/aromatic N) is 1. The predicted molar refractivity (Wildman–Crippen MR) is 69.4 cm³/mol. The SMILES string of the molecule is O=C(c1ccc(F)c(F)c1)N1CCO[C@H]2CCCC[C@@H]21. The lowest BCUT2D eigenvalue weighted by Gasteiger charge is -2.43. The number of carbonyl (C=O) groups excluding carboxylic acids is 1. The molecular formula is C15H17F2NO2. The largest absolute Gasteiger partial charge is 0.374 e. The summed E-state index contributed by atoms with van der Waals surface area (Å²) in [4.78, 5) is 14.3. The highest BCUT2D eigenvalue weighted by Gasteiger charge is 2.37. The van der Waals surface area contributed by atoms with Crippen molar-refractivity contribution in [2.75, 3.05) is 13.2 Å². The summed E-state index contributed by atoms with van der Waals surface area (Å²) in [5.41, 5.74) is 0.204. The van der Waals surface area contributed by atoms with E-state index in [9.17, 15) is 13.6 Å². The molecule has 0 N–H and O–H groups in total. The summed E-state index contributed by atoms with van der Waals surface area (Å²) < 4.78 is 31.9. The fourth-order valence-electron chi connectivity index (χ4n) is 3.14. The highest BCUT2D eigenvalue weighted by molar-refractivity contribution is 5.94. The Morgan fingerprint density at radius 1 is 1.20 bits per heavy atom. The number of hydrogen-bond donors (Lipinski definition) is 0. The van der Waals surface area contributed by atoms with Gasteiger partial charge in [-0.2, -0.15) is 0 Å². The van der Waals surface area contributed by atoms with Crippen LogP contribution < -0.4 is 0 Å². The topological polar surface area (TPSA) is 29.5 Å². The average Bonchev–Trinajstić information content (AvgIpc) is 2.49. The molecule has 2 fully saturated rings. The zero-order valence-corrected chi connectivity index (χ0v) is 11.1. The van der Waals surface area contributed by atoms with Crippen LogP contribution in [0.5, 0.6) is 0 Å². The van der Waals surface area contributed by atoms with Gasteiger partial charge in [0.2, 0.25) is 0 Å². The van der Waals surface area contributed by atoms with Crippen molar-refractivity contribution in [1.82, 2.24) is 4.90 Å². The molecule has 20 heavy (non-hydrogen) atoms. The number of hydrogen-bond acceptors (Lipinski definition) is 2. The number of benzene rings is 1. The highest BCUT2D eigenvalue weighted by atomic mass is 19.2. The third-order valence-corrected chi connectivity index (χ3v) is 4.16. The molecule has 2 aliphatic rings. The Hall–Kier alpha value is -1.49. The number of morpholine rings is 1. The normalized spacial score (nSPS) is 26.2. The van der Waals surface area contributed by atoms with E-state index in [1.165, 1.54) is 6.07 Å². The second-order valence-corrected chi connectivity index (χ2v) is 5.39. The first-order valence-electron chi connectivity index (χ1n) is 7.04. The van der Waals surface area contributed by atoms with Gasteiger partial charge in [-0.1, -0.05) is 12.8 Å². The zero-order chi connectivity index (χ0) is 14.1. The Labute approximate surface area is 116 Å². The van der Waals surface area contributed by atoms with E-state index in [-0.39, 0.29) is 23.6 Å². The molecule has 1 aromatic rings. The van der Waals surface area contributed by atoms with Gasteiger partial charge in [0.1, 0.15) is 0 Å². The van der Waals surface area contributed by atoms with Crippen molar-refractivity contribution in [2.45, 2.75) is 37.8 Å². The van der Waals surface area contributed by atoms with Crippen LogP contribution in [0.15, 0.2) is 18.2 Å². The van der Waals surface area contributed by atoms with Crippen LogP contribution in [-0.2, 0) is 4.74 Å². The first-order valence-corrected chi connectivity index (χ1v) is 7.04. The fourth-order valence-corrected chi connectivity index (χ4v) is 3.14. The van der Waals surface area contributed by atoms with Gasteiger partial charge in [-0.05, 0) is 31.0 Å². The Bertz CT molecular complexity index is 519. The van der Waals surface area contributed by atoms with Crippen molar-refractivity contribution in [3.05, 3.63) is 35.4 Å². The van der Waals surface area contributed by atoms with Crippen LogP contribution in [0.4, 0.5) is 8.78 Å². The third kappa shape index (κ3) is 2.42. The molecule has 1 aliphatic carbocycles. The molecule has 1 aliphatic heterocycles. The van der Waals surface area contributed by atoms with Crippen LogP contribution in [0.1, 0.15) is 36.0 Å². The van der Waals surface area contributed by atoms with E-state index in [4.69, 9.17) is 4.74 Å². The lowest BCUT2D eigenvalue weighted by atomic mass is 9.89. The smallest absolute Gasteiger partial charge is 0.254 e. The van der Waals surface area contributed by atoms with Crippen molar-refractivity contribution in [3.63, 3.8) is 0 Å². The average molecular weight is 281 g/mol. The summed E-state index contributed by atoms with van der Waals surface area (Å²) in [6.07, 6.45) is 4.17. The standard InChI is InChI=1S/C15H17F2NO2/c16-11-6-5-10(9-12(11)17)15(19)18-7-8-20-14-4-2-1-3-13(14)18/h5-6,9,13-14H,1-4,7-8H2/t13-,14-/m0/s1. The van der Waals surface area contributed by atoms with E-state index in [1.807, 2.05) is 0 Å². The lowest BCUT2D eigenvalue weighted by Crippen LogP contribution is -2.54. The molecule has 1 saturated carbocycles. The second kappa shape index (κ2) is 5.48. The molecule has 5 heteroatoms. The van der Waals surface area contributed by atoms with Crippen molar-refractivity contribution in [2.24, 2.45) is 0 Å². The summed E-state index contributed by atoms with van der Waals surface area (Å²) in [6.45, 7) is 1.02. The molecule has 3 nitrogen and oxygen atoms in total. The van der Waals surface area contributed by atoms with E-state index in [1.54, 1.807) is 4.90 Å². The summed E-state index contributed by atoms with van der Waals surface area (Å²) in [7, 11) is 0. The van der Waals surface area contributed by atoms with E-state index in [0.717, 1.165) is 37.8 Å². The van der Waals surface area contributed by atoms with Crippen molar-refractivity contribution in [1.29, 1.82) is 0 Å². The molecule has 0 bridgehead atoms. The van der Waals surface area contributed by atoms with Crippen molar-refractivity contribution in [3.8, 4) is 0 Å². The minimum absolute atomic E-state index is 0.0677. The maximum atomic E-state index is 13.3. The molecule has 0 spiro atoms. The van der Waals surface area contributed by atoms with Crippen LogP contribution in [-0.4, -0.2) is 36.1 Å². The molecule has 0 aromatic heterocycles. The summed E-state index contributed by atoms with van der Waals surface area (Å²) in [5, 5.41) is 0. The van der Waals surface area contributed by atoms with Crippen LogP contribution >= 0.6 is 0 Å². The van der Waals surface area contributed by atoms with Gasteiger partial charge in [0.15, 0.2) is 11.6 Å². The van der Waals surface area contributed by atoms with Crippen molar-refractivity contribution >= 4 is 5.91 Å². The van der Waals surface area contributed by atoms with E-state index in [2.05, 4.69) is 0 Å². The number of halogens is 2.